The van der Waals surface area contributed by atoms with Gasteiger partial charge in [0.2, 0.25) is 0 Å². The molecule has 1 aliphatic heterocycles. The first kappa shape index (κ1) is 14.9. The van der Waals surface area contributed by atoms with E-state index in [9.17, 15) is 4.39 Å². The van der Waals surface area contributed by atoms with Gasteiger partial charge < -0.3 is 10.6 Å². The van der Waals surface area contributed by atoms with Gasteiger partial charge in [0.15, 0.2) is 0 Å². The average molecular weight is 322 g/mol. The predicted molar refractivity (Wildman–Crippen MR) is 95.4 cm³/mol. The van der Waals surface area contributed by atoms with Gasteiger partial charge in [0.1, 0.15) is 11.6 Å². The molecule has 4 rings (SSSR count). The monoisotopic (exact) mass is 322 g/mol. The molecule has 122 valence electrons. The van der Waals surface area contributed by atoms with Crippen LogP contribution in [0, 0.1) is 5.82 Å². The van der Waals surface area contributed by atoms with E-state index in [0.29, 0.717) is 0 Å². The summed E-state index contributed by atoms with van der Waals surface area (Å²) >= 11 is 0. The maximum absolute atomic E-state index is 13.7. The zero-order valence-corrected chi connectivity index (χ0v) is 13.4. The summed E-state index contributed by atoms with van der Waals surface area (Å²) in [6.07, 6.45) is 5.52. The fourth-order valence-corrected chi connectivity index (χ4v) is 3.16. The number of nitrogens with two attached hydrogens (primary N) is 1. The second-order valence-electron chi connectivity index (χ2n) is 6.22. The third-order valence-electron chi connectivity index (χ3n) is 4.54. The molecule has 1 aromatic heterocycles. The van der Waals surface area contributed by atoms with Crippen LogP contribution in [0.4, 0.5) is 15.9 Å². The lowest BCUT2D eigenvalue weighted by Gasteiger charge is -2.27. The Morgan fingerprint density at radius 3 is 2.46 bits per heavy atom. The zero-order valence-electron chi connectivity index (χ0n) is 13.4. The van der Waals surface area contributed by atoms with Crippen LogP contribution in [0.5, 0.6) is 0 Å². The Hall–Kier alpha value is -2.69. The Kier molecular flexibility index (Phi) is 3.76. The summed E-state index contributed by atoms with van der Waals surface area (Å²) in [4.78, 5) is 11.6. The van der Waals surface area contributed by atoms with Crippen LogP contribution in [0.25, 0.3) is 22.2 Å². The summed E-state index contributed by atoms with van der Waals surface area (Å²) in [5.74, 6) is 0.517. The van der Waals surface area contributed by atoms with Gasteiger partial charge in [0.25, 0.3) is 0 Å². The predicted octanol–water partition coefficient (Wildman–Crippen LogP) is 4.01. The summed E-state index contributed by atoms with van der Waals surface area (Å²) < 4.78 is 13.7. The molecule has 1 saturated heterocycles. The van der Waals surface area contributed by atoms with Crippen LogP contribution < -0.4 is 10.6 Å². The first-order valence-corrected chi connectivity index (χ1v) is 8.28. The standard InChI is InChI=1S/C19H19FN4/c20-15-10-13(4-6-16(15)21)14-5-7-17-18(11-14)23-19(12-22-17)24-8-2-1-3-9-24/h4-7,10-12H,1-3,8-9,21H2. The highest BCUT2D eigenvalue weighted by Crippen LogP contribution is 2.26. The van der Waals surface area contributed by atoms with Gasteiger partial charge in [-0.1, -0.05) is 12.1 Å². The maximum atomic E-state index is 13.7. The molecule has 24 heavy (non-hydrogen) atoms. The van der Waals surface area contributed by atoms with Crippen LogP contribution in [0.15, 0.2) is 42.6 Å². The number of anilines is 2. The van der Waals surface area contributed by atoms with E-state index in [4.69, 9.17) is 10.7 Å². The highest BCUT2D eigenvalue weighted by Gasteiger charge is 2.13. The Bertz CT molecular complexity index is 888. The van der Waals surface area contributed by atoms with Gasteiger partial charge in [-0.05, 0) is 54.7 Å². The third kappa shape index (κ3) is 2.77. The van der Waals surface area contributed by atoms with E-state index in [1.807, 2.05) is 30.5 Å². The average Bonchev–Trinajstić information content (AvgIpc) is 2.64. The molecular weight excluding hydrogens is 303 g/mol. The molecule has 0 atom stereocenters. The van der Waals surface area contributed by atoms with Crippen molar-refractivity contribution in [3.05, 3.63) is 48.4 Å². The molecule has 3 aromatic rings. The van der Waals surface area contributed by atoms with E-state index in [-0.39, 0.29) is 5.69 Å². The van der Waals surface area contributed by atoms with Gasteiger partial charge >= 0.3 is 0 Å². The van der Waals surface area contributed by atoms with Crippen molar-refractivity contribution in [2.24, 2.45) is 0 Å². The van der Waals surface area contributed by atoms with Crippen LogP contribution in [-0.2, 0) is 0 Å². The van der Waals surface area contributed by atoms with E-state index in [1.54, 1.807) is 6.07 Å². The minimum Gasteiger partial charge on any atom is -0.396 e. The van der Waals surface area contributed by atoms with Gasteiger partial charge in [-0.2, -0.15) is 0 Å². The molecule has 0 amide bonds. The molecule has 0 radical (unpaired) electrons. The van der Waals surface area contributed by atoms with Crippen LogP contribution in [0.3, 0.4) is 0 Å². The lowest BCUT2D eigenvalue weighted by atomic mass is 10.0. The quantitative estimate of drug-likeness (QED) is 0.724. The number of nitrogen functional groups attached to an aromatic ring is 1. The van der Waals surface area contributed by atoms with Crippen LogP contribution >= 0.6 is 0 Å². The molecular formula is C19H19FN4. The number of piperidine rings is 1. The van der Waals surface area contributed by atoms with E-state index < -0.39 is 5.82 Å². The Labute approximate surface area is 140 Å². The first-order valence-electron chi connectivity index (χ1n) is 8.28. The van der Waals surface area contributed by atoms with Crippen molar-refractivity contribution in [3.63, 3.8) is 0 Å². The lowest BCUT2D eigenvalue weighted by molar-refractivity contribution is 0.573. The molecule has 1 fully saturated rings. The number of nitrogens with zero attached hydrogens (tertiary/aromatic N) is 3. The fraction of sp³-hybridized carbons (Fsp3) is 0.263. The smallest absolute Gasteiger partial charge is 0.147 e. The third-order valence-corrected chi connectivity index (χ3v) is 4.54. The second kappa shape index (κ2) is 6.07. The molecule has 0 unspecified atom stereocenters. The van der Waals surface area contributed by atoms with Crippen molar-refractivity contribution < 1.29 is 4.39 Å². The fourth-order valence-electron chi connectivity index (χ4n) is 3.16. The van der Waals surface area contributed by atoms with Gasteiger partial charge in [0, 0.05) is 13.1 Å². The van der Waals surface area contributed by atoms with Gasteiger partial charge in [-0.25, -0.2) is 9.37 Å². The number of halogens is 1. The van der Waals surface area contributed by atoms with E-state index in [2.05, 4.69) is 9.88 Å². The molecule has 0 bridgehead atoms. The molecule has 0 saturated carbocycles. The molecule has 1 aliphatic rings. The van der Waals surface area contributed by atoms with Gasteiger partial charge in [-0.3, -0.25) is 4.98 Å². The summed E-state index contributed by atoms with van der Waals surface area (Å²) in [5, 5.41) is 0. The van der Waals surface area contributed by atoms with Crippen molar-refractivity contribution in [2.45, 2.75) is 19.3 Å². The summed E-state index contributed by atoms with van der Waals surface area (Å²) in [5.41, 5.74) is 9.08. The van der Waals surface area contributed by atoms with Crippen molar-refractivity contribution in [1.82, 2.24) is 9.97 Å². The summed E-state index contributed by atoms with van der Waals surface area (Å²) in [7, 11) is 0. The molecule has 2 heterocycles. The number of hydrogen-bond acceptors (Lipinski definition) is 4. The largest absolute Gasteiger partial charge is 0.396 e. The number of benzene rings is 2. The first-order chi connectivity index (χ1) is 11.7. The van der Waals surface area contributed by atoms with E-state index in [1.165, 1.54) is 25.3 Å². The maximum Gasteiger partial charge on any atom is 0.147 e. The minimum atomic E-state index is -0.402. The molecule has 2 aromatic carbocycles. The van der Waals surface area contributed by atoms with Crippen molar-refractivity contribution in [3.8, 4) is 11.1 Å². The SMILES string of the molecule is Nc1ccc(-c2ccc3ncc(N4CCCCC4)nc3c2)cc1F. The van der Waals surface area contributed by atoms with Crippen LogP contribution in [-0.4, -0.2) is 23.1 Å². The van der Waals surface area contributed by atoms with E-state index >= 15 is 0 Å². The number of rotatable bonds is 2. The number of hydrogen-bond donors (Lipinski definition) is 1. The second-order valence-corrected chi connectivity index (χ2v) is 6.22. The van der Waals surface area contributed by atoms with Gasteiger partial charge in [-0.15, -0.1) is 0 Å². The topological polar surface area (TPSA) is 55.0 Å². The Morgan fingerprint density at radius 1 is 0.917 bits per heavy atom. The highest BCUT2D eigenvalue weighted by molar-refractivity contribution is 5.82. The number of fused-ring (bicyclic) bond motifs is 1. The Morgan fingerprint density at radius 2 is 1.67 bits per heavy atom. The molecule has 2 N–H and O–H groups in total. The van der Waals surface area contributed by atoms with Gasteiger partial charge in [0.05, 0.1) is 22.9 Å². The molecule has 5 heteroatoms. The van der Waals surface area contributed by atoms with Crippen molar-refractivity contribution >= 4 is 22.5 Å². The molecule has 4 nitrogen and oxygen atoms in total. The van der Waals surface area contributed by atoms with Crippen LogP contribution in [0.1, 0.15) is 19.3 Å². The number of aromatic nitrogens is 2. The zero-order chi connectivity index (χ0) is 16.5. The highest BCUT2D eigenvalue weighted by atomic mass is 19.1. The summed E-state index contributed by atoms with van der Waals surface area (Å²) in [6, 6.07) is 10.7. The van der Waals surface area contributed by atoms with E-state index in [0.717, 1.165) is 41.1 Å². The molecule has 0 spiro atoms. The van der Waals surface area contributed by atoms with Crippen molar-refractivity contribution in [1.29, 1.82) is 0 Å². The normalized spacial score (nSPS) is 15.0. The Balaban J connectivity index is 1.74. The lowest BCUT2D eigenvalue weighted by Crippen LogP contribution is -2.30. The molecule has 0 aliphatic carbocycles. The summed E-state index contributed by atoms with van der Waals surface area (Å²) in [6.45, 7) is 2.06. The van der Waals surface area contributed by atoms with Crippen molar-refractivity contribution in [2.75, 3.05) is 23.7 Å². The van der Waals surface area contributed by atoms with Crippen LogP contribution in [0.2, 0.25) is 0 Å². The minimum absolute atomic E-state index is 0.159.